The number of hydrazone groups is 1. The molecule has 0 atom stereocenters. The second-order valence-corrected chi connectivity index (χ2v) is 5.64. The number of hydrogen-bond donors (Lipinski definition) is 1. The van der Waals surface area contributed by atoms with Crippen LogP contribution >= 0.6 is 11.6 Å². The van der Waals surface area contributed by atoms with E-state index in [1.807, 2.05) is 31.2 Å². The number of carbonyl (C=O) groups is 1. The molecule has 0 fully saturated rings. The molecule has 4 heteroatoms. The minimum Gasteiger partial charge on any atom is -0.273 e. The molecule has 0 aliphatic carbocycles. The highest BCUT2D eigenvalue weighted by molar-refractivity contribution is 6.34. The Hall–Kier alpha value is -1.35. The maximum atomic E-state index is 11.7. The number of carbonyl (C=O) groups excluding carboxylic acids is 1. The van der Waals surface area contributed by atoms with Gasteiger partial charge in [0.25, 0.3) is 0 Å². The molecule has 0 aromatic heterocycles. The molecule has 0 bridgehead atoms. The van der Waals surface area contributed by atoms with Gasteiger partial charge in [-0.25, -0.2) is 5.43 Å². The first-order valence-corrected chi connectivity index (χ1v) is 8.11. The van der Waals surface area contributed by atoms with E-state index in [2.05, 4.69) is 17.5 Å². The molecule has 0 aliphatic rings. The SMILES string of the molecule is CCCCCCCCC(=O)N/N=C(\C)c1ccccc1Cl. The van der Waals surface area contributed by atoms with E-state index in [1.54, 1.807) is 0 Å². The first kappa shape index (κ1) is 17.7. The van der Waals surface area contributed by atoms with Gasteiger partial charge in [0.1, 0.15) is 0 Å². The zero-order chi connectivity index (χ0) is 15.5. The lowest BCUT2D eigenvalue weighted by atomic mass is 10.1. The Balaban J connectivity index is 2.29. The number of unbranched alkanes of at least 4 members (excludes halogenated alkanes) is 5. The molecule has 0 saturated heterocycles. The van der Waals surface area contributed by atoms with Crippen LogP contribution < -0.4 is 5.43 Å². The van der Waals surface area contributed by atoms with E-state index in [0.29, 0.717) is 11.4 Å². The van der Waals surface area contributed by atoms with Gasteiger partial charge in [-0.3, -0.25) is 4.79 Å². The van der Waals surface area contributed by atoms with Crippen molar-refractivity contribution in [3.05, 3.63) is 34.9 Å². The molecular weight excluding hydrogens is 284 g/mol. The second-order valence-electron chi connectivity index (χ2n) is 5.23. The van der Waals surface area contributed by atoms with E-state index in [-0.39, 0.29) is 5.91 Å². The summed E-state index contributed by atoms with van der Waals surface area (Å²) in [5.74, 6) is -0.0307. The van der Waals surface area contributed by atoms with Crippen LogP contribution in [-0.4, -0.2) is 11.6 Å². The molecule has 1 aromatic carbocycles. The van der Waals surface area contributed by atoms with Crippen LogP contribution in [0.3, 0.4) is 0 Å². The molecule has 1 rings (SSSR count). The number of nitrogens with one attached hydrogen (secondary N) is 1. The monoisotopic (exact) mass is 308 g/mol. The fourth-order valence-corrected chi connectivity index (χ4v) is 2.36. The summed E-state index contributed by atoms with van der Waals surface area (Å²) in [6, 6.07) is 7.48. The van der Waals surface area contributed by atoms with Gasteiger partial charge in [0, 0.05) is 17.0 Å². The average molecular weight is 309 g/mol. The Morgan fingerprint density at radius 2 is 1.81 bits per heavy atom. The lowest BCUT2D eigenvalue weighted by Crippen LogP contribution is -2.18. The number of amides is 1. The fourth-order valence-electron chi connectivity index (χ4n) is 2.08. The quantitative estimate of drug-likeness (QED) is 0.392. The molecule has 3 nitrogen and oxygen atoms in total. The van der Waals surface area contributed by atoms with Crippen molar-refractivity contribution in [3.8, 4) is 0 Å². The van der Waals surface area contributed by atoms with Gasteiger partial charge in [-0.2, -0.15) is 5.10 Å². The molecule has 1 N–H and O–H groups in total. The fraction of sp³-hybridized carbons (Fsp3) is 0.529. The van der Waals surface area contributed by atoms with E-state index in [0.717, 1.165) is 24.1 Å². The van der Waals surface area contributed by atoms with Gasteiger partial charge in [0.2, 0.25) is 5.91 Å². The van der Waals surface area contributed by atoms with E-state index in [9.17, 15) is 4.79 Å². The van der Waals surface area contributed by atoms with Crippen LogP contribution in [0.15, 0.2) is 29.4 Å². The van der Waals surface area contributed by atoms with E-state index < -0.39 is 0 Å². The highest BCUT2D eigenvalue weighted by atomic mass is 35.5. The van der Waals surface area contributed by atoms with E-state index in [1.165, 1.54) is 25.7 Å². The summed E-state index contributed by atoms with van der Waals surface area (Å²) >= 11 is 6.08. The Morgan fingerprint density at radius 3 is 2.52 bits per heavy atom. The van der Waals surface area contributed by atoms with E-state index >= 15 is 0 Å². The number of halogens is 1. The highest BCUT2D eigenvalue weighted by Gasteiger charge is 2.04. The Labute approximate surface area is 132 Å². The predicted molar refractivity (Wildman–Crippen MR) is 89.8 cm³/mol. The van der Waals surface area contributed by atoms with Crippen molar-refractivity contribution < 1.29 is 4.79 Å². The third-order valence-electron chi connectivity index (χ3n) is 3.37. The van der Waals surface area contributed by atoms with E-state index in [4.69, 9.17) is 11.6 Å². The smallest absolute Gasteiger partial charge is 0.240 e. The van der Waals surface area contributed by atoms with Gasteiger partial charge in [0.15, 0.2) is 0 Å². The Kier molecular flexibility index (Phi) is 8.76. The third kappa shape index (κ3) is 7.28. The lowest BCUT2D eigenvalue weighted by molar-refractivity contribution is -0.121. The minimum atomic E-state index is -0.0307. The van der Waals surface area contributed by atoms with Crippen molar-refractivity contribution in [1.82, 2.24) is 5.43 Å². The van der Waals surface area contributed by atoms with Crippen LogP contribution in [0.4, 0.5) is 0 Å². The van der Waals surface area contributed by atoms with Crippen molar-refractivity contribution >= 4 is 23.2 Å². The van der Waals surface area contributed by atoms with Gasteiger partial charge in [-0.1, -0.05) is 68.8 Å². The van der Waals surface area contributed by atoms with Gasteiger partial charge >= 0.3 is 0 Å². The molecule has 1 amide bonds. The third-order valence-corrected chi connectivity index (χ3v) is 3.70. The van der Waals surface area contributed by atoms with Crippen molar-refractivity contribution in [2.45, 2.75) is 58.8 Å². The summed E-state index contributed by atoms with van der Waals surface area (Å²) in [7, 11) is 0. The van der Waals surface area contributed by atoms with Gasteiger partial charge in [0.05, 0.1) is 5.71 Å². The molecule has 0 spiro atoms. The lowest BCUT2D eigenvalue weighted by Gasteiger charge is -2.04. The molecule has 0 unspecified atom stereocenters. The largest absolute Gasteiger partial charge is 0.273 e. The summed E-state index contributed by atoms with van der Waals surface area (Å²) in [4.78, 5) is 11.7. The molecule has 116 valence electrons. The summed E-state index contributed by atoms with van der Waals surface area (Å²) < 4.78 is 0. The predicted octanol–water partition coefficient (Wildman–Crippen LogP) is 4.93. The molecular formula is C17H25ClN2O. The van der Waals surface area contributed by atoms with Crippen molar-refractivity contribution in [2.24, 2.45) is 5.10 Å². The minimum absolute atomic E-state index is 0.0307. The zero-order valence-electron chi connectivity index (χ0n) is 13.0. The number of nitrogens with zero attached hydrogens (tertiary/aromatic N) is 1. The second kappa shape index (κ2) is 10.4. The highest BCUT2D eigenvalue weighted by Crippen LogP contribution is 2.15. The molecule has 0 heterocycles. The molecule has 0 radical (unpaired) electrons. The van der Waals surface area contributed by atoms with Crippen LogP contribution in [0.2, 0.25) is 5.02 Å². The molecule has 0 aliphatic heterocycles. The number of rotatable bonds is 9. The van der Waals surface area contributed by atoms with Crippen LogP contribution in [0.25, 0.3) is 0 Å². The number of benzene rings is 1. The summed E-state index contributed by atoms with van der Waals surface area (Å²) in [5.41, 5.74) is 4.17. The van der Waals surface area contributed by atoms with Crippen LogP contribution in [0, 0.1) is 0 Å². The normalized spacial score (nSPS) is 11.5. The van der Waals surface area contributed by atoms with Crippen LogP contribution in [0.1, 0.15) is 64.4 Å². The van der Waals surface area contributed by atoms with Gasteiger partial charge < -0.3 is 0 Å². The topological polar surface area (TPSA) is 41.5 Å². The molecule has 21 heavy (non-hydrogen) atoms. The van der Waals surface area contributed by atoms with Crippen molar-refractivity contribution in [1.29, 1.82) is 0 Å². The first-order valence-electron chi connectivity index (χ1n) is 7.73. The Bertz CT molecular complexity index is 472. The summed E-state index contributed by atoms with van der Waals surface area (Å²) in [6.07, 6.45) is 7.58. The van der Waals surface area contributed by atoms with Gasteiger partial charge in [-0.15, -0.1) is 0 Å². The molecule has 1 aromatic rings. The summed E-state index contributed by atoms with van der Waals surface area (Å²) in [6.45, 7) is 4.04. The first-order chi connectivity index (χ1) is 10.1. The number of hydrogen-bond acceptors (Lipinski definition) is 2. The summed E-state index contributed by atoms with van der Waals surface area (Å²) in [5, 5.41) is 4.76. The maximum absolute atomic E-state index is 11.7. The van der Waals surface area contributed by atoms with Crippen molar-refractivity contribution in [2.75, 3.05) is 0 Å². The molecule has 0 saturated carbocycles. The maximum Gasteiger partial charge on any atom is 0.240 e. The van der Waals surface area contributed by atoms with Crippen LogP contribution in [-0.2, 0) is 4.79 Å². The van der Waals surface area contributed by atoms with Crippen LogP contribution in [0.5, 0.6) is 0 Å². The van der Waals surface area contributed by atoms with Gasteiger partial charge in [-0.05, 0) is 19.4 Å². The average Bonchev–Trinajstić information content (AvgIpc) is 2.49. The zero-order valence-corrected chi connectivity index (χ0v) is 13.7. The standard InChI is InChI=1S/C17H25ClN2O/c1-3-4-5-6-7-8-13-17(21)20-19-14(2)15-11-9-10-12-16(15)18/h9-12H,3-8,13H2,1-2H3,(H,20,21)/b19-14+. The van der Waals surface area contributed by atoms with Crippen molar-refractivity contribution in [3.63, 3.8) is 0 Å². The Morgan fingerprint density at radius 1 is 1.14 bits per heavy atom.